The molecule has 1 aromatic carbocycles. The third-order valence-electron chi connectivity index (χ3n) is 4.65. The van der Waals surface area contributed by atoms with Gasteiger partial charge in [-0.2, -0.15) is 0 Å². The number of aromatic nitrogens is 2. The number of aromatic hydroxyl groups is 1. The Kier molecular flexibility index (Phi) is 6.83. The van der Waals surface area contributed by atoms with Gasteiger partial charge in [0.15, 0.2) is 15.5 Å². The lowest BCUT2D eigenvalue weighted by molar-refractivity contribution is 0.0941. The van der Waals surface area contributed by atoms with Gasteiger partial charge in [-0.15, -0.1) is 0 Å². The highest BCUT2D eigenvalue weighted by atomic mass is 32.2. The van der Waals surface area contributed by atoms with Gasteiger partial charge >= 0.3 is 0 Å². The molecule has 0 radical (unpaired) electrons. The van der Waals surface area contributed by atoms with Crippen LogP contribution in [-0.4, -0.2) is 53.7 Å². The van der Waals surface area contributed by atoms with Crippen LogP contribution in [0.1, 0.15) is 28.3 Å². The Morgan fingerprint density at radius 3 is 2.70 bits per heavy atom. The van der Waals surface area contributed by atoms with Gasteiger partial charge in [0.25, 0.3) is 11.5 Å². The normalized spacial score (nSPS) is 16.8. The molecular formula is C19H22FN3O6S. The molecule has 0 fully saturated rings. The average Bonchev–Trinajstić information content (AvgIpc) is 2.74. The number of fused-ring (bicyclic) bond motifs is 1. The number of hydrogen-bond donors (Lipinski definition) is 2. The Bertz CT molecular complexity index is 1080. The lowest BCUT2D eigenvalue weighted by Crippen LogP contribution is -2.32. The number of carbonyl (C=O) groups is 1. The van der Waals surface area contributed by atoms with E-state index in [1.54, 1.807) is 0 Å². The molecule has 1 amide bonds. The first-order valence-electron chi connectivity index (χ1n) is 9.40. The number of hydrogen-bond acceptors (Lipinski definition) is 7. The predicted octanol–water partition coefficient (Wildman–Crippen LogP) is 0.396. The molecule has 1 aliphatic rings. The molecule has 1 aliphatic heterocycles. The van der Waals surface area contributed by atoms with Crippen LogP contribution in [0.15, 0.2) is 29.1 Å². The third-order valence-corrected chi connectivity index (χ3v) is 6.35. The molecule has 0 bridgehead atoms. The van der Waals surface area contributed by atoms with Crippen molar-refractivity contribution in [2.75, 3.05) is 24.7 Å². The zero-order valence-corrected chi connectivity index (χ0v) is 17.0. The molecule has 1 aromatic heterocycles. The maximum atomic E-state index is 13.0. The van der Waals surface area contributed by atoms with E-state index >= 15 is 0 Å². The lowest BCUT2D eigenvalue weighted by atomic mass is 10.2. The smallest absolute Gasteiger partial charge is 0.296 e. The first-order valence-corrected chi connectivity index (χ1v) is 11.2. The van der Waals surface area contributed by atoms with Crippen molar-refractivity contribution in [3.05, 3.63) is 57.5 Å². The summed E-state index contributed by atoms with van der Waals surface area (Å²) in [5.41, 5.74) is -0.606. The molecule has 3 rings (SSSR count). The summed E-state index contributed by atoms with van der Waals surface area (Å²) in [6.07, 6.45) is 0.347. The summed E-state index contributed by atoms with van der Waals surface area (Å²) in [6.45, 7) is 0.254. The summed E-state index contributed by atoms with van der Waals surface area (Å²) in [6, 6.07) is 5.50. The van der Waals surface area contributed by atoms with Crippen molar-refractivity contribution in [2.24, 2.45) is 0 Å². The minimum atomic E-state index is -3.29. The predicted molar refractivity (Wildman–Crippen MR) is 106 cm³/mol. The number of halogens is 1. The van der Waals surface area contributed by atoms with Crippen LogP contribution in [0.3, 0.4) is 0 Å². The highest BCUT2D eigenvalue weighted by Crippen LogP contribution is 2.13. The summed E-state index contributed by atoms with van der Waals surface area (Å²) in [7, 11) is -3.29. The molecule has 2 N–H and O–H groups in total. The zero-order chi connectivity index (χ0) is 21.7. The van der Waals surface area contributed by atoms with Gasteiger partial charge in [0.05, 0.1) is 24.7 Å². The maximum Gasteiger partial charge on any atom is 0.296 e. The Balaban J connectivity index is 1.83. The van der Waals surface area contributed by atoms with Crippen molar-refractivity contribution in [3.63, 3.8) is 0 Å². The van der Waals surface area contributed by atoms with Crippen LogP contribution in [0.25, 0.3) is 0 Å². The van der Waals surface area contributed by atoms with Gasteiger partial charge in [-0.3, -0.25) is 14.2 Å². The number of sulfone groups is 1. The van der Waals surface area contributed by atoms with Crippen LogP contribution in [-0.2, 0) is 34.1 Å². The first-order chi connectivity index (χ1) is 14.3. The molecule has 0 saturated heterocycles. The van der Waals surface area contributed by atoms with Crippen molar-refractivity contribution in [3.8, 4) is 5.75 Å². The van der Waals surface area contributed by atoms with E-state index in [4.69, 9.17) is 4.74 Å². The average molecular weight is 439 g/mol. The minimum Gasteiger partial charge on any atom is -0.501 e. The number of nitrogens with one attached hydrogen (secondary N) is 1. The molecular weight excluding hydrogens is 417 g/mol. The van der Waals surface area contributed by atoms with E-state index in [-0.39, 0.29) is 56.5 Å². The van der Waals surface area contributed by atoms with Gasteiger partial charge in [-0.1, -0.05) is 12.1 Å². The molecule has 11 heteroatoms. The number of amides is 1. The molecule has 162 valence electrons. The quantitative estimate of drug-likeness (QED) is 0.708. The van der Waals surface area contributed by atoms with Gasteiger partial charge in [-0.05, 0) is 24.1 Å². The van der Waals surface area contributed by atoms with E-state index in [0.717, 1.165) is 0 Å². The van der Waals surface area contributed by atoms with Crippen molar-refractivity contribution in [1.82, 2.24) is 14.9 Å². The zero-order valence-electron chi connectivity index (χ0n) is 16.1. The van der Waals surface area contributed by atoms with E-state index in [1.165, 1.54) is 28.8 Å². The van der Waals surface area contributed by atoms with Gasteiger partial charge in [0, 0.05) is 19.5 Å². The Labute approximate surface area is 172 Å². The SMILES string of the molecule is O=C(NCc1ccc(F)cc1)c1nc2n(c(=O)c1O)CCCS(=O)(=O)CCOCC2. The van der Waals surface area contributed by atoms with Gasteiger partial charge < -0.3 is 15.2 Å². The van der Waals surface area contributed by atoms with Crippen LogP contribution < -0.4 is 10.9 Å². The first kappa shape index (κ1) is 21.9. The van der Waals surface area contributed by atoms with Crippen molar-refractivity contribution in [2.45, 2.75) is 25.9 Å². The third kappa shape index (κ3) is 5.42. The summed E-state index contributed by atoms with van der Waals surface area (Å²) in [4.78, 5) is 29.3. The maximum absolute atomic E-state index is 13.0. The summed E-state index contributed by atoms with van der Waals surface area (Å²) in [5, 5.41) is 12.8. The Morgan fingerprint density at radius 2 is 1.97 bits per heavy atom. The fourth-order valence-electron chi connectivity index (χ4n) is 3.03. The van der Waals surface area contributed by atoms with Crippen LogP contribution in [0, 0.1) is 5.82 Å². The number of nitrogens with zero attached hydrogens (tertiary/aromatic N) is 2. The van der Waals surface area contributed by atoms with Crippen LogP contribution in [0.5, 0.6) is 5.75 Å². The van der Waals surface area contributed by atoms with Gasteiger partial charge in [-0.25, -0.2) is 17.8 Å². The van der Waals surface area contributed by atoms with Gasteiger partial charge in [0.2, 0.25) is 5.75 Å². The van der Waals surface area contributed by atoms with Crippen LogP contribution in [0.4, 0.5) is 4.39 Å². The lowest BCUT2D eigenvalue weighted by Gasteiger charge is -2.14. The fourth-order valence-corrected chi connectivity index (χ4v) is 4.18. The second kappa shape index (κ2) is 9.35. The van der Waals surface area contributed by atoms with Gasteiger partial charge in [0.1, 0.15) is 11.6 Å². The summed E-state index contributed by atoms with van der Waals surface area (Å²) >= 11 is 0. The molecule has 0 spiro atoms. The molecule has 2 aromatic rings. The van der Waals surface area contributed by atoms with E-state index in [1.807, 2.05) is 0 Å². The highest BCUT2D eigenvalue weighted by molar-refractivity contribution is 7.91. The van der Waals surface area contributed by atoms with Crippen molar-refractivity contribution < 1.29 is 27.4 Å². The molecule has 2 heterocycles. The Morgan fingerprint density at radius 1 is 1.23 bits per heavy atom. The summed E-state index contributed by atoms with van der Waals surface area (Å²) in [5.74, 6) is -1.97. The monoisotopic (exact) mass is 439 g/mol. The van der Waals surface area contributed by atoms with Crippen LogP contribution in [0.2, 0.25) is 0 Å². The van der Waals surface area contributed by atoms with E-state index < -0.39 is 38.6 Å². The number of benzene rings is 1. The molecule has 0 aliphatic carbocycles. The highest BCUT2D eigenvalue weighted by Gasteiger charge is 2.22. The second-order valence-corrected chi connectivity index (χ2v) is 9.16. The van der Waals surface area contributed by atoms with Crippen LogP contribution >= 0.6 is 0 Å². The summed E-state index contributed by atoms with van der Waals surface area (Å²) < 4.78 is 43.3. The minimum absolute atomic E-state index is 0.0374. The molecule has 0 atom stereocenters. The standard InChI is InChI=1S/C19H22FN3O6S/c20-14-4-2-13(3-5-14)12-21-18(25)16-17(24)19(26)23-7-1-10-30(27,28)11-9-29-8-6-15(23)22-16/h2-5,24H,1,6-12H2,(H,21,25). The molecule has 0 saturated carbocycles. The second-order valence-electron chi connectivity index (χ2n) is 6.86. The number of ether oxygens (including phenoxy) is 1. The Hall–Kier alpha value is -2.79. The number of carbonyl (C=O) groups excluding carboxylic acids is 1. The van der Waals surface area contributed by atoms with Crippen molar-refractivity contribution in [1.29, 1.82) is 0 Å². The number of rotatable bonds is 3. The topological polar surface area (TPSA) is 128 Å². The molecule has 9 nitrogen and oxygen atoms in total. The van der Waals surface area contributed by atoms with E-state index in [2.05, 4.69) is 10.3 Å². The van der Waals surface area contributed by atoms with Crippen molar-refractivity contribution >= 4 is 15.7 Å². The largest absolute Gasteiger partial charge is 0.501 e. The molecule has 30 heavy (non-hydrogen) atoms. The fraction of sp³-hybridized carbons (Fsp3) is 0.421. The molecule has 0 unspecified atom stereocenters. The van der Waals surface area contributed by atoms with E-state index in [9.17, 15) is 27.5 Å². The van der Waals surface area contributed by atoms with E-state index in [0.29, 0.717) is 5.56 Å².